The van der Waals surface area contributed by atoms with E-state index in [4.69, 9.17) is 21.9 Å². The molecule has 0 aliphatic carbocycles. The van der Waals surface area contributed by atoms with Gasteiger partial charge in [-0.2, -0.15) is 4.98 Å². The Kier molecular flexibility index (Phi) is 7.62. The topological polar surface area (TPSA) is 91.3 Å². The number of ether oxygens (including phenoxy) is 1. The lowest BCUT2D eigenvalue weighted by atomic mass is 10.4. The van der Waals surface area contributed by atoms with Gasteiger partial charge in [0, 0.05) is 57.7 Å². The Morgan fingerprint density at radius 2 is 1.87 bits per heavy atom. The van der Waals surface area contributed by atoms with E-state index in [2.05, 4.69) is 35.4 Å². The molecule has 2 fully saturated rings. The van der Waals surface area contributed by atoms with Crippen molar-refractivity contribution < 1.29 is 4.74 Å². The number of hydrogen-bond donors (Lipinski definition) is 2. The lowest BCUT2D eigenvalue weighted by molar-refractivity contribution is 0.0389. The number of morpholine rings is 1. The molecule has 160 valence electrons. The highest BCUT2D eigenvalue weighted by molar-refractivity contribution is 7.99. The van der Waals surface area contributed by atoms with Gasteiger partial charge in [-0.25, -0.2) is 15.0 Å². The first-order chi connectivity index (χ1) is 14.8. The van der Waals surface area contributed by atoms with Gasteiger partial charge in [0.2, 0.25) is 5.95 Å². The number of aromatic nitrogens is 4. The van der Waals surface area contributed by atoms with Crippen LogP contribution in [0.15, 0.2) is 34.7 Å². The Balaban J connectivity index is 1.39. The fourth-order valence-electron chi connectivity index (χ4n) is 3.36. The van der Waals surface area contributed by atoms with Crippen molar-refractivity contribution >= 4 is 40.9 Å². The molecule has 0 unspecified atom stereocenters. The standard InChI is InChI=1S/C19H26N8OS2/c29-18(20-6-9-26-10-12-28-13-11-26)25-17-23-15(27-7-1-2-8-27)14-16(24-17)30-19-21-4-3-5-22-19/h3-5,14H,1-2,6-13H2,(H2,20,23,24,25,29). The highest BCUT2D eigenvalue weighted by Gasteiger charge is 2.17. The van der Waals surface area contributed by atoms with Crippen molar-refractivity contribution in [1.29, 1.82) is 0 Å². The van der Waals surface area contributed by atoms with Crippen molar-refractivity contribution in [1.82, 2.24) is 30.2 Å². The average molecular weight is 447 g/mol. The van der Waals surface area contributed by atoms with Crippen LogP contribution in [0.25, 0.3) is 0 Å². The molecule has 0 atom stereocenters. The van der Waals surface area contributed by atoms with Crippen LogP contribution in [0.4, 0.5) is 11.8 Å². The van der Waals surface area contributed by atoms with Gasteiger partial charge in [-0.1, -0.05) is 0 Å². The smallest absolute Gasteiger partial charge is 0.232 e. The summed E-state index contributed by atoms with van der Waals surface area (Å²) in [6.07, 6.45) is 5.81. The maximum Gasteiger partial charge on any atom is 0.232 e. The van der Waals surface area contributed by atoms with Gasteiger partial charge in [-0.15, -0.1) is 0 Å². The van der Waals surface area contributed by atoms with E-state index in [1.165, 1.54) is 24.6 Å². The van der Waals surface area contributed by atoms with Gasteiger partial charge in [0.1, 0.15) is 10.8 Å². The third-order valence-corrected chi connectivity index (χ3v) is 5.96. The SMILES string of the molecule is S=C(NCCN1CCOCC1)Nc1nc(Sc2ncccn2)cc(N2CCCC2)n1. The molecule has 30 heavy (non-hydrogen) atoms. The zero-order chi connectivity index (χ0) is 20.6. The normalized spacial score (nSPS) is 17.1. The van der Waals surface area contributed by atoms with E-state index < -0.39 is 0 Å². The van der Waals surface area contributed by atoms with Crippen molar-refractivity contribution in [2.75, 3.05) is 62.7 Å². The molecule has 2 N–H and O–H groups in total. The monoisotopic (exact) mass is 446 g/mol. The van der Waals surface area contributed by atoms with Crippen LogP contribution in [-0.4, -0.2) is 82.4 Å². The predicted octanol–water partition coefficient (Wildman–Crippen LogP) is 1.64. The van der Waals surface area contributed by atoms with Gasteiger partial charge < -0.3 is 20.3 Å². The minimum Gasteiger partial charge on any atom is -0.379 e. The molecular weight excluding hydrogens is 420 g/mol. The van der Waals surface area contributed by atoms with Gasteiger partial charge in [-0.3, -0.25) is 4.90 Å². The van der Waals surface area contributed by atoms with Crippen molar-refractivity contribution in [2.45, 2.75) is 23.0 Å². The van der Waals surface area contributed by atoms with E-state index in [9.17, 15) is 0 Å². The number of nitrogens with one attached hydrogen (secondary N) is 2. The van der Waals surface area contributed by atoms with Gasteiger partial charge in [-0.05, 0) is 42.9 Å². The van der Waals surface area contributed by atoms with Crippen LogP contribution in [0.5, 0.6) is 0 Å². The Bertz CT molecular complexity index is 829. The van der Waals surface area contributed by atoms with Crippen LogP contribution in [0, 0.1) is 0 Å². The molecule has 0 spiro atoms. The molecule has 2 aromatic heterocycles. The maximum absolute atomic E-state index is 5.46. The second-order valence-corrected chi connectivity index (χ2v) is 8.45. The summed E-state index contributed by atoms with van der Waals surface area (Å²) in [5.41, 5.74) is 0. The van der Waals surface area contributed by atoms with Crippen LogP contribution in [0.2, 0.25) is 0 Å². The summed E-state index contributed by atoms with van der Waals surface area (Å²) in [6, 6.07) is 3.79. The molecule has 0 saturated carbocycles. The minimum atomic E-state index is 0.488. The molecule has 2 aromatic rings. The summed E-state index contributed by atoms with van der Waals surface area (Å²) in [5, 5.41) is 8.36. The van der Waals surface area contributed by atoms with Crippen molar-refractivity contribution in [2.24, 2.45) is 0 Å². The first-order valence-corrected chi connectivity index (χ1v) is 11.4. The number of thiocarbonyl (C=S) groups is 1. The fourth-order valence-corrected chi connectivity index (χ4v) is 4.26. The number of anilines is 2. The second-order valence-electron chi connectivity index (χ2n) is 7.05. The van der Waals surface area contributed by atoms with Gasteiger partial charge in [0.25, 0.3) is 0 Å². The molecule has 2 aliphatic rings. The van der Waals surface area contributed by atoms with Gasteiger partial charge >= 0.3 is 0 Å². The molecule has 9 nitrogen and oxygen atoms in total. The summed E-state index contributed by atoms with van der Waals surface area (Å²) in [7, 11) is 0. The number of rotatable bonds is 7. The molecule has 0 radical (unpaired) electrons. The second kappa shape index (κ2) is 10.8. The summed E-state index contributed by atoms with van der Waals surface area (Å²) < 4.78 is 5.38. The molecule has 0 bridgehead atoms. The first kappa shape index (κ1) is 21.2. The zero-order valence-electron chi connectivity index (χ0n) is 16.8. The third-order valence-electron chi connectivity index (χ3n) is 4.90. The molecule has 0 amide bonds. The van der Waals surface area contributed by atoms with E-state index in [-0.39, 0.29) is 0 Å². The van der Waals surface area contributed by atoms with Crippen molar-refractivity contribution in [3.05, 3.63) is 24.5 Å². The minimum absolute atomic E-state index is 0.488. The Morgan fingerprint density at radius 1 is 1.10 bits per heavy atom. The Hall–Kier alpha value is -2.08. The number of hydrogen-bond acceptors (Lipinski definition) is 9. The van der Waals surface area contributed by atoms with Crippen molar-refractivity contribution in [3.8, 4) is 0 Å². The Labute approximate surface area is 186 Å². The summed E-state index contributed by atoms with van der Waals surface area (Å²) in [4.78, 5) is 22.5. The maximum atomic E-state index is 5.46. The summed E-state index contributed by atoms with van der Waals surface area (Å²) in [6.45, 7) is 7.21. The molecule has 2 saturated heterocycles. The average Bonchev–Trinajstić information content (AvgIpc) is 3.30. The number of nitrogens with zero attached hydrogens (tertiary/aromatic N) is 6. The molecule has 4 heterocycles. The predicted molar refractivity (Wildman–Crippen MR) is 121 cm³/mol. The molecule has 11 heteroatoms. The third kappa shape index (κ3) is 6.21. The highest BCUT2D eigenvalue weighted by Crippen LogP contribution is 2.28. The van der Waals surface area contributed by atoms with E-state index >= 15 is 0 Å². The van der Waals surface area contributed by atoms with E-state index in [0.717, 1.165) is 63.3 Å². The zero-order valence-corrected chi connectivity index (χ0v) is 18.4. The molecular formula is C19H26N8OS2. The largest absolute Gasteiger partial charge is 0.379 e. The van der Waals surface area contributed by atoms with Crippen LogP contribution in [0.1, 0.15) is 12.8 Å². The van der Waals surface area contributed by atoms with Gasteiger partial charge in [0.15, 0.2) is 10.3 Å². The molecule has 0 aromatic carbocycles. The Morgan fingerprint density at radius 3 is 2.63 bits per heavy atom. The van der Waals surface area contributed by atoms with Crippen molar-refractivity contribution in [3.63, 3.8) is 0 Å². The van der Waals surface area contributed by atoms with E-state index in [1.807, 2.05) is 6.07 Å². The van der Waals surface area contributed by atoms with Gasteiger partial charge in [0.05, 0.1) is 13.2 Å². The fraction of sp³-hybridized carbons (Fsp3) is 0.526. The van der Waals surface area contributed by atoms with Crippen LogP contribution < -0.4 is 15.5 Å². The van der Waals surface area contributed by atoms with Crippen LogP contribution >= 0.6 is 24.0 Å². The summed E-state index contributed by atoms with van der Waals surface area (Å²) >= 11 is 6.88. The van der Waals surface area contributed by atoms with E-state index in [0.29, 0.717) is 16.2 Å². The lowest BCUT2D eigenvalue weighted by Crippen LogP contribution is -2.42. The van der Waals surface area contributed by atoms with E-state index in [1.54, 1.807) is 18.5 Å². The van der Waals surface area contributed by atoms with Crippen LogP contribution in [0.3, 0.4) is 0 Å². The first-order valence-electron chi connectivity index (χ1n) is 10.2. The molecule has 4 rings (SSSR count). The van der Waals surface area contributed by atoms with Crippen LogP contribution in [-0.2, 0) is 4.74 Å². The summed E-state index contributed by atoms with van der Waals surface area (Å²) in [5.74, 6) is 1.39. The lowest BCUT2D eigenvalue weighted by Gasteiger charge is -2.26. The highest BCUT2D eigenvalue weighted by atomic mass is 32.2. The molecule has 2 aliphatic heterocycles. The quantitative estimate of drug-likeness (QED) is 0.369.